The number of anilines is 1. The summed E-state index contributed by atoms with van der Waals surface area (Å²) in [7, 11) is 0. The number of hydrogen-bond acceptors (Lipinski definition) is 3. The maximum absolute atomic E-state index is 12.5. The zero-order chi connectivity index (χ0) is 16.7. The quantitative estimate of drug-likeness (QED) is 0.826. The lowest BCUT2D eigenvalue weighted by atomic mass is 10.2. The fourth-order valence-electron chi connectivity index (χ4n) is 2.09. The van der Waals surface area contributed by atoms with Crippen molar-refractivity contribution >= 4 is 17.5 Å². The summed E-state index contributed by atoms with van der Waals surface area (Å²) in [6.45, 7) is 1.88. The lowest BCUT2D eigenvalue weighted by Crippen LogP contribution is -2.44. The van der Waals surface area contributed by atoms with Gasteiger partial charge in [0.15, 0.2) is 0 Å². The van der Waals surface area contributed by atoms with Gasteiger partial charge in [0.1, 0.15) is 0 Å². The van der Waals surface area contributed by atoms with Crippen molar-refractivity contribution in [2.45, 2.75) is 19.6 Å². The minimum absolute atomic E-state index is 0.0402. The summed E-state index contributed by atoms with van der Waals surface area (Å²) in [6, 6.07) is 18.5. The molecule has 2 N–H and O–H groups in total. The van der Waals surface area contributed by atoms with Crippen molar-refractivity contribution in [1.29, 1.82) is 0 Å². The number of nitrogens with zero attached hydrogens (tertiary/aromatic N) is 1. The summed E-state index contributed by atoms with van der Waals surface area (Å²) in [6.07, 6.45) is -0.703. The maximum Gasteiger partial charge on any atom is 0.316 e. The van der Waals surface area contributed by atoms with Crippen LogP contribution >= 0.6 is 0 Å². The topological polar surface area (TPSA) is 69.6 Å². The Kier molecular flexibility index (Phi) is 5.88. The molecule has 0 aliphatic carbocycles. The Morgan fingerprint density at radius 3 is 2.17 bits per heavy atom. The Bertz CT molecular complexity index is 642. The van der Waals surface area contributed by atoms with Gasteiger partial charge in [0.05, 0.1) is 12.6 Å². The van der Waals surface area contributed by atoms with Crippen molar-refractivity contribution in [3.05, 3.63) is 66.2 Å². The molecule has 0 saturated carbocycles. The number of amides is 2. The predicted molar refractivity (Wildman–Crippen MR) is 88.8 cm³/mol. The van der Waals surface area contributed by atoms with Crippen LogP contribution in [0.1, 0.15) is 12.5 Å². The number of carbonyl (C=O) groups excluding carboxylic acids is 2. The molecule has 0 radical (unpaired) electrons. The molecule has 2 rings (SSSR count). The fraction of sp³-hybridized carbons (Fsp3) is 0.222. The summed E-state index contributed by atoms with van der Waals surface area (Å²) in [4.78, 5) is 26.0. The zero-order valence-electron chi connectivity index (χ0n) is 13.0. The van der Waals surface area contributed by atoms with E-state index in [-0.39, 0.29) is 6.54 Å². The predicted octanol–water partition coefficient (Wildman–Crippen LogP) is 1.72. The summed E-state index contributed by atoms with van der Waals surface area (Å²) in [5.41, 5.74) is 1.57. The molecular formula is C18H20N2O3. The summed E-state index contributed by atoms with van der Waals surface area (Å²) in [5, 5.41) is 11.7. The average Bonchev–Trinajstić information content (AvgIpc) is 2.58. The van der Waals surface area contributed by atoms with Gasteiger partial charge in [-0.3, -0.25) is 14.5 Å². The van der Waals surface area contributed by atoms with Gasteiger partial charge >= 0.3 is 11.8 Å². The van der Waals surface area contributed by atoms with Crippen LogP contribution in [-0.2, 0) is 16.1 Å². The molecule has 0 heterocycles. The van der Waals surface area contributed by atoms with Crippen LogP contribution in [0, 0.1) is 0 Å². The van der Waals surface area contributed by atoms with E-state index >= 15 is 0 Å². The molecule has 2 aromatic rings. The van der Waals surface area contributed by atoms with Gasteiger partial charge in [-0.25, -0.2) is 0 Å². The minimum atomic E-state index is -0.731. The van der Waals surface area contributed by atoms with Gasteiger partial charge in [-0.15, -0.1) is 0 Å². The third kappa shape index (κ3) is 4.93. The van der Waals surface area contributed by atoms with E-state index in [1.54, 1.807) is 19.1 Å². The molecule has 1 atom stereocenters. The highest BCUT2D eigenvalue weighted by atomic mass is 16.3. The first kappa shape index (κ1) is 16.7. The molecule has 2 amide bonds. The van der Waals surface area contributed by atoms with Gasteiger partial charge in [-0.05, 0) is 24.6 Å². The van der Waals surface area contributed by atoms with Crippen LogP contribution in [0.4, 0.5) is 5.69 Å². The molecule has 0 bridgehead atoms. The third-order valence-corrected chi connectivity index (χ3v) is 3.25. The molecule has 5 heteroatoms. The molecule has 0 spiro atoms. The lowest BCUT2D eigenvalue weighted by molar-refractivity contribution is -0.137. The second-order valence-electron chi connectivity index (χ2n) is 5.27. The number of para-hydroxylation sites is 1. The number of aliphatic hydroxyl groups excluding tert-OH is 1. The van der Waals surface area contributed by atoms with E-state index in [4.69, 9.17) is 0 Å². The number of carbonyl (C=O) groups is 2. The molecular weight excluding hydrogens is 292 g/mol. The molecule has 120 valence electrons. The summed E-state index contributed by atoms with van der Waals surface area (Å²) >= 11 is 0. The molecule has 1 unspecified atom stereocenters. The van der Waals surface area contributed by atoms with E-state index < -0.39 is 17.9 Å². The second kappa shape index (κ2) is 8.10. The normalized spacial score (nSPS) is 11.6. The number of rotatable bonds is 5. The van der Waals surface area contributed by atoms with Gasteiger partial charge in [0.25, 0.3) is 0 Å². The van der Waals surface area contributed by atoms with Gasteiger partial charge < -0.3 is 10.4 Å². The lowest BCUT2D eigenvalue weighted by Gasteiger charge is -2.22. The SMILES string of the molecule is CC(O)CNC(=O)C(=O)N(Cc1ccccc1)c1ccccc1. The smallest absolute Gasteiger partial charge is 0.316 e. The van der Waals surface area contributed by atoms with Gasteiger partial charge in [-0.1, -0.05) is 48.5 Å². The summed E-state index contributed by atoms with van der Waals surface area (Å²) < 4.78 is 0. The highest BCUT2D eigenvalue weighted by molar-refractivity contribution is 6.40. The number of benzene rings is 2. The van der Waals surface area contributed by atoms with E-state index in [0.29, 0.717) is 12.2 Å². The molecule has 2 aromatic carbocycles. The van der Waals surface area contributed by atoms with Crippen molar-refractivity contribution in [3.8, 4) is 0 Å². The van der Waals surface area contributed by atoms with Crippen LogP contribution in [0.25, 0.3) is 0 Å². The highest BCUT2D eigenvalue weighted by Crippen LogP contribution is 2.17. The Morgan fingerprint density at radius 2 is 1.61 bits per heavy atom. The van der Waals surface area contributed by atoms with Crippen LogP contribution < -0.4 is 10.2 Å². The summed E-state index contributed by atoms with van der Waals surface area (Å²) in [5.74, 6) is -1.38. The molecule has 0 aliphatic rings. The van der Waals surface area contributed by atoms with Crippen molar-refractivity contribution in [2.75, 3.05) is 11.4 Å². The molecule has 0 aromatic heterocycles. The average molecular weight is 312 g/mol. The van der Waals surface area contributed by atoms with E-state index in [0.717, 1.165) is 5.56 Å². The molecule has 0 saturated heterocycles. The van der Waals surface area contributed by atoms with E-state index in [1.807, 2.05) is 48.5 Å². The molecule has 5 nitrogen and oxygen atoms in total. The van der Waals surface area contributed by atoms with Crippen LogP contribution in [0.5, 0.6) is 0 Å². The third-order valence-electron chi connectivity index (χ3n) is 3.25. The first-order valence-electron chi connectivity index (χ1n) is 7.44. The highest BCUT2D eigenvalue weighted by Gasteiger charge is 2.23. The maximum atomic E-state index is 12.5. The van der Waals surface area contributed by atoms with Crippen LogP contribution in [-0.4, -0.2) is 29.6 Å². The van der Waals surface area contributed by atoms with Crippen molar-refractivity contribution in [3.63, 3.8) is 0 Å². The van der Waals surface area contributed by atoms with E-state index in [2.05, 4.69) is 5.32 Å². The van der Waals surface area contributed by atoms with Crippen molar-refractivity contribution in [2.24, 2.45) is 0 Å². The van der Waals surface area contributed by atoms with Crippen molar-refractivity contribution in [1.82, 2.24) is 5.32 Å². The Balaban J connectivity index is 2.19. The first-order chi connectivity index (χ1) is 11.1. The Morgan fingerprint density at radius 1 is 1.04 bits per heavy atom. The molecule has 0 aliphatic heterocycles. The number of hydrogen-bond donors (Lipinski definition) is 2. The van der Waals surface area contributed by atoms with Crippen LogP contribution in [0.3, 0.4) is 0 Å². The Hall–Kier alpha value is -2.66. The van der Waals surface area contributed by atoms with Crippen LogP contribution in [0.2, 0.25) is 0 Å². The van der Waals surface area contributed by atoms with Crippen LogP contribution in [0.15, 0.2) is 60.7 Å². The number of aliphatic hydroxyl groups is 1. The largest absolute Gasteiger partial charge is 0.392 e. The fourth-order valence-corrected chi connectivity index (χ4v) is 2.09. The van der Waals surface area contributed by atoms with E-state index in [1.165, 1.54) is 4.90 Å². The van der Waals surface area contributed by atoms with Crippen molar-refractivity contribution < 1.29 is 14.7 Å². The first-order valence-corrected chi connectivity index (χ1v) is 7.44. The van der Waals surface area contributed by atoms with E-state index in [9.17, 15) is 14.7 Å². The number of nitrogens with one attached hydrogen (secondary N) is 1. The van der Waals surface area contributed by atoms with Gasteiger partial charge in [0, 0.05) is 12.2 Å². The molecule has 23 heavy (non-hydrogen) atoms. The standard InChI is InChI=1S/C18H20N2O3/c1-14(21)12-19-17(22)18(23)20(16-10-6-3-7-11-16)13-15-8-4-2-5-9-15/h2-11,14,21H,12-13H2,1H3,(H,19,22). The van der Waals surface area contributed by atoms with Gasteiger partial charge in [-0.2, -0.15) is 0 Å². The monoisotopic (exact) mass is 312 g/mol. The molecule has 0 fully saturated rings. The van der Waals surface area contributed by atoms with Gasteiger partial charge in [0.2, 0.25) is 0 Å². The second-order valence-corrected chi connectivity index (χ2v) is 5.27. The Labute approximate surface area is 135 Å². The minimum Gasteiger partial charge on any atom is -0.392 e. The zero-order valence-corrected chi connectivity index (χ0v) is 13.0.